The van der Waals surface area contributed by atoms with E-state index in [4.69, 9.17) is 5.11 Å². The van der Waals surface area contributed by atoms with E-state index in [2.05, 4.69) is 10.4 Å². The number of thiophene rings is 1. The summed E-state index contributed by atoms with van der Waals surface area (Å²) in [7, 11) is 0. The monoisotopic (exact) mass is 251 g/mol. The van der Waals surface area contributed by atoms with Crippen molar-refractivity contribution in [3.63, 3.8) is 0 Å². The first-order valence-electron chi connectivity index (χ1n) is 5.21. The van der Waals surface area contributed by atoms with Gasteiger partial charge in [-0.1, -0.05) is 6.07 Å². The van der Waals surface area contributed by atoms with Gasteiger partial charge in [0.15, 0.2) is 0 Å². The topological polar surface area (TPSA) is 67.2 Å². The fraction of sp³-hybridized carbons (Fsp3) is 0.273. The molecule has 0 radical (unpaired) electrons. The number of amides is 1. The standard InChI is InChI=1S/C11H13N3O2S/c1-8(16)12-11-7-9(10-3-2-6-17-10)13-14(11)4-5-15/h2-3,6-7,15H,4-5H2,1H3,(H,12,16). The summed E-state index contributed by atoms with van der Waals surface area (Å²) in [5, 5.41) is 18.0. The van der Waals surface area contributed by atoms with Gasteiger partial charge in [0, 0.05) is 13.0 Å². The molecule has 0 aliphatic rings. The molecule has 2 rings (SSSR count). The summed E-state index contributed by atoms with van der Waals surface area (Å²) in [6.45, 7) is 1.79. The number of rotatable bonds is 4. The summed E-state index contributed by atoms with van der Waals surface area (Å²) >= 11 is 1.58. The third kappa shape index (κ3) is 2.72. The fourth-order valence-electron chi connectivity index (χ4n) is 1.51. The highest BCUT2D eigenvalue weighted by molar-refractivity contribution is 7.13. The van der Waals surface area contributed by atoms with Crippen LogP contribution in [0.25, 0.3) is 10.6 Å². The average molecular weight is 251 g/mol. The summed E-state index contributed by atoms with van der Waals surface area (Å²) in [6.07, 6.45) is 0. The fourth-order valence-corrected chi connectivity index (χ4v) is 2.19. The number of carbonyl (C=O) groups is 1. The predicted octanol–water partition coefficient (Wildman–Crippen LogP) is 1.56. The largest absolute Gasteiger partial charge is 0.394 e. The molecule has 0 atom stereocenters. The number of hydrogen-bond acceptors (Lipinski definition) is 4. The molecule has 2 aromatic rings. The van der Waals surface area contributed by atoms with Crippen LogP contribution in [-0.2, 0) is 11.3 Å². The first kappa shape index (κ1) is 11.8. The third-order valence-corrected chi connectivity index (χ3v) is 3.06. The molecule has 2 heterocycles. The number of aliphatic hydroxyl groups is 1. The van der Waals surface area contributed by atoms with Crippen LogP contribution >= 0.6 is 11.3 Å². The van der Waals surface area contributed by atoms with Gasteiger partial charge in [0.2, 0.25) is 5.91 Å². The lowest BCUT2D eigenvalue weighted by atomic mass is 10.3. The Hall–Kier alpha value is -1.66. The van der Waals surface area contributed by atoms with Crippen LogP contribution in [0, 0.1) is 0 Å². The Kier molecular flexibility index (Phi) is 3.55. The molecular weight excluding hydrogens is 238 g/mol. The summed E-state index contributed by atoms with van der Waals surface area (Å²) in [5.74, 6) is 0.455. The van der Waals surface area contributed by atoms with Crippen molar-refractivity contribution in [1.82, 2.24) is 9.78 Å². The minimum absolute atomic E-state index is 0.0157. The van der Waals surface area contributed by atoms with E-state index in [0.717, 1.165) is 10.6 Å². The Morgan fingerprint density at radius 1 is 1.65 bits per heavy atom. The molecule has 0 saturated heterocycles. The van der Waals surface area contributed by atoms with Crippen LogP contribution in [0.5, 0.6) is 0 Å². The van der Waals surface area contributed by atoms with Gasteiger partial charge in [0.05, 0.1) is 18.0 Å². The van der Waals surface area contributed by atoms with Crippen molar-refractivity contribution in [3.05, 3.63) is 23.6 Å². The molecule has 0 spiro atoms. The highest BCUT2D eigenvalue weighted by Gasteiger charge is 2.10. The number of carbonyl (C=O) groups excluding carboxylic acids is 1. The van der Waals surface area contributed by atoms with Gasteiger partial charge >= 0.3 is 0 Å². The summed E-state index contributed by atoms with van der Waals surface area (Å²) < 4.78 is 1.59. The number of aliphatic hydroxyl groups excluding tert-OH is 1. The molecule has 1 amide bonds. The zero-order valence-corrected chi connectivity index (χ0v) is 10.2. The van der Waals surface area contributed by atoms with Crippen molar-refractivity contribution in [2.75, 3.05) is 11.9 Å². The Morgan fingerprint density at radius 3 is 3.06 bits per heavy atom. The van der Waals surface area contributed by atoms with Crippen LogP contribution in [0.15, 0.2) is 23.6 Å². The first-order valence-corrected chi connectivity index (χ1v) is 6.09. The van der Waals surface area contributed by atoms with Crippen LogP contribution < -0.4 is 5.32 Å². The van der Waals surface area contributed by atoms with Crippen molar-refractivity contribution >= 4 is 23.1 Å². The smallest absolute Gasteiger partial charge is 0.222 e. The second-order valence-electron chi connectivity index (χ2n) is 3.52. The molecule has 0 unspecified atom stereocenters. The molecule has 2 aromatic heterocycles. The first-order chi connectivity index (χ1) is 8.20. The van der Waals surface area contributed by atoms with Gasteiger partial charge in [-0.15, -0.1) is 11.3 Å². The van der Waals surface area contributed by atoms with Gasteiger partial charge in [-0.2, -0.15) is 5.10 Å². The van der Waals surface area contributed by atoms with Gasteiger partial charge < -0.3 is 10.4 Å². The third-order valence-electron chi connectivity index (χ3n) is 2.17. The Labute approximate surface area is 103 Å². The van der Waals surface area contributed by atoms with E-state index in [1.54, 1.807) is 16.0 Å². The van der Waals surface area contributed by atoms with Crippen LogP contribution in [0.3, 0.4) is 0 Å². The van der Waals surface area contributed by atoms with Gasteiger partial charge in [0.1, 0.15) is 11.5 Å². The molecule has 0 aliphatic heterocycles. The Balaban J connectivity index is 2.33. The minimum Gasteiger partial charge on any atom is -0.394 e. The van der Waals surface area contributed by atoms with Crippen molar-refractivity contribution in [3.8, 4) is 10.6 Å². The van der Waals surface area contributed by atoms with Crippen LogP contribution in [0.4, 0.5) is 5.82 Å². The normalized spacial score (nSPS) is 10.5. The van der Waals surface area contributed by atoms with E-state index >= 15 is 0 Å². The molecule has 0 saturated carbocycles. The van der Waals surface area contributed by atoms with E-state index in [-0.39, 0.29) is 12.5 Å². The SMILES string of the molecule is CC(=O)Nc1cc(-c2cccs2)nn1CCO. The minimum atomic E-state index is -0.151. The molecule has 90 valence electrons. The maximum absolute atomic E-state index is 11.1. The van der Waals surface area contributed by atoms with E-state index in [9.17, 15) is 4.79 Å². The highest BCUT2D eigenvalue weighted by Crippen LogP contribution is 2.25. The summed E-state index contributed by atoms with van der Waals surface area (Å²) in [6, 6.07) is 5.72. The van der Waals surface area contributed by atoms with E-state index in [1.165, 1.54) is 6.92 Å². The highest BCUT2D eigenvalue weighted by atomic mass is 32.1. The molecule has 0 aliphatic carbocycles. The Bertz CT molecular complexity index is 505. The maximum Gasteiger partial charge on any atom is 0.222 e. The van der Waals surface area contributed by atoms with Crippen molar-refractivity contribution in [2.45, 2.75) is 13.5 Å². The second-order valence-corrected chi connectivity index (χ2v) is 4.47. The average Bonchev–Trinajstić information content (AvgIpc) is 2.87. The maximum atomic E-state index is 11.1. The number of aromatic nitrogens is 2. The van der Waals surface area contributed by atoms with Crippen molar-refractivity contribution in [1.29, 1.82) is 0 Å². The number of hydrogen-bond donors (Lipinski definition) is 2. The number of nitrogens with zero attached hydrogens (tertiary/aromatic N) is 2. The van der Waals surface area contributed by atoms with Gasteiger partial charge in [-0.05, 0) is 11.4 Å². The number of anilines is 1. The van der Waals surface area contributed by atoms with Crippen molar-refractivity contribution in [2.24, 2.45) is 0 Å². The lowest BCUT2D eigenvalue weighted by Crippen LogP contribution is -2.13. The summed E-state index contributed by atoms with van der Waals surface area (Å²) in [4.78, 5) is 12.1. The zero-order chi connectivity index (χ0) is 12.3. The lowest BCUT2D eigenvalue weighted by Gasteiger charge is -2.04. The van der Waals surface area contributed by atoms with E-state index in [1.807, 2.05) is 23.6 Å². The zero-order valence-electron chi connectivity index (χ0n) is 9.38. The van der Waals surface area contributed by atoms with Gasteiger partial charge in [0.25, 0.3) is 0 Å². The van der Waals surface area contributed by atoms with E-state index in [0.29, 0.717) is 12.4 Å². The number of nitrogens with one attached hydrogen (secondary N) is 1. The molecule has 5 nitrogen and oxygen atoms in total. The van der Waals surface area contributed by atoms with Crippen LogP contribution in [0.2, 0.25) is 0 Å². The quantitative estimate of drug-likeness (QED) is 0.866. The van der Waals surface area contributed by atoms with Gasteiger partial charge in [-0.25, -0.2) is 4.68 Å². The molecular formula is C11H13N3O2S. The van der Waals surface area contributed by atoms with Crippen molar-refractivity contribution < 1.29 is 9.90 Å². The molecule has 0 aromatic carbocycles. The molecule has 6 heteroatoms. The van der Waals surface area contributed by atoms with E-state index < -0.39 is 0 Å². The second kappa shape index (κ2) is 5.11. The predicted molar refractivity (Wildman–Crippen MR) is 66.9 cm³/mol. The molecule has 0 fully saturated rings. The Morgan fingerprint density at radius 2 is 2.47 bits per heavy atom. The molecule has 17 heavy (non-hydrogen) atoms. The van der Waals surface area contributed by atoms with Gasteiger partial charge in [-0.3, -0.25) is 4.79 Å². The summed E-state index contributed by atoms with van der Waals surface area (Å²) in [5.41, 5.74) is 0.803. The lowest BCUT2D eigenvalue weighted by molar-refractivity contribution is -0.114. The molecule has 2 N–H and O–H groups in total. The van der Waals surface area contributed by atoms with Crippen LogP contribution in [0.1, 0.15) is 6.92 Å². The van der Waals surface area contributed by atoms with Crippen LogP contribution in [-0.4, -0.2) is 27.4 Å². The molecule has 0 bridgehead atoms.